The quantitative estimate of drug-likeness (QED) is 0.815. The molecule has 24 heavy (non-hydrogen) atoms. The lowest BCUT2D eigenvalue weighted by molar-refractivity contribution is -0.121. The molecule has 2 amide bonds. The van der Waals surface area contributed by atoms with Crippen LogP contribution in [0.25, 0.3) is 0 Å². The summed E-state index contributed by atoms with van der Waals surface area (Å²) >= 11 is 0. The molecule has 1 aromatic heterocycles. The van der Waals surface area contributed by atoms with Gasteiger partial charge >= 0.3 is 0 Å². The largest absolute Gasteiger partial charge is 0.494 e. The number of rotatable bonds is 7. The highest BCUT2D eigenvalue weighted by Gasteiger charge is 2.13. The molecule has 0 radical (unpaired) electrons. The SMILES string of the molecule is COc1ccc(C(C)NC(=O)CCNC(=O)c2ccco2)cc1F. The molecule has 1 atom stereocenters. The molecule has 2 aromatic rings. The fraction of sp³-hybridized carbons (Fsp3) is 0.294. The van der Waals surface area contributed by atoms with Gasteiger partial charge in [-0.05, 0) is 36.8 Å². The van der Waals surface area contributed by atoms with Crippen LogP contribution in [-0.4, -0.2) is 25.5 Å². The summed E-state index contributed by atoms with van der Waals surface area (Å²) in [5, 5.41) is 5.33. The molecule has 0 saturated carbocycles. The number of methoxy groups -OCH3 is 1. The summed E-state index contributed by atoms with van der Waals surface area (Å²) in [6.45, 7) is 1.93. The van der Waals surface area contributed by atoms with Crippen LogP contribution in [-0.2, 0) is 4.79 Å². The van der Waals surface area contributed by atoms with Crippen molar-refractivity contribution in [3.63, 3.8) is 0 Å². The molecule has 1 aromatic carbocycles. The van der Waals surface area contributed by atoms with E-state index in [2.05, 4.69) is 10.6 Å². The standard InChI is InChI=1S/C17H19FN2O4/c1-11(12-5-6-14(23-2)13(18)10-12)20-16(21)7-8-19-17(22)15-4-3-9-24-15/h3-6,9-11H,7-8H2,1-2H3,(H,19,22)(H,20,21). The first kappa shape index (κ1) is 17.5. The second kappa shape index (κ2) is 8.14. The first-order chi connectivity index (χ1) is 11.5. The monoisotopic (exact) mass is 334 g/mol. The summed E-state index contributed by atoms with van der Waals surface area (Å²) in [7, 11) is 1.39. The molecule has 0 aliphatic heterocycles. The van der Waals surface area contributed by atoms with Crippen molar-refractivity contribution in [1.82, 2.24) is 10.6 Å². The number of halogens is 1. The maximum atomic E-state index is 13.7. The highest BCUT2D eigenvalue weighted by atomic mass is 19.1. The van der Waals surface area contributed by atoms with E-state index in [4.69, 9.17) is 9.15 Å². The minimum Gasteiger partial charge on any atom is -0.494 e. The minimum absolute atomic E-state index is 0.107. The Morgan fingerprint density at radius 1 is 1.33 bits per heavy atom. The van der Waals surface area contributed by atoms with Gasteiger partial charge in [-0.1, -0.05) is 6.07 Å². The molecule has 7 heteroatoms. The van der Waals surface area contributed by atoms with E-state index >= 15 is 0 Å². The predicted octanol–water partition coefficient (Wildman–Crippen LogP) is 2.42. The van der Waals surface area contributed by atoms with E-state index < -0.39 is 5.82 Å². The van der Waals surface area contributed by atoms with Crippen molar-refractivity contribution in [2.75, 3.05) is 13.7 Å². The molecule has 1 unspecified atom stereocenters. The van der Waals surface area contributed by atoms with Crippen molar-refractivity contribution in [1.29, 1.82) is 0 Å². The molecular weight excluding hydrogens is 315 g/mol. The summed E-state index contributed by atoms with van der Waals surface area (Å²) in [5.74, 6) is -0.770. The molecule has 2 rings (SSSR count). The lowest BCUT2D eigenvalue weighted by Crippen LogP contribution is -2.32. The number of furan rings is 1. The minimum atomic E-state index is -0.484. The van der Waals surface area contributed by atoms with E-state index in [0.717, 1.165) is 0 Å². The van der Waals surface area contributed by atoms with E-state index in [1.165, 1.54) is 31.6 Å². The van der Waals surface area contributed by atoms with Crippen molar-refractivity contribution in [3.05, 3.63) is 53.7 Å². The number of ether oxygens (including phenoxy) is 1. The fourth-order valence-corrected chi connectivity index (χ4v) is 2.13. The van der Waals surface area contributed by atoms with Crippen molar-refractivity contribution in [2.24, 2.45) is 0 Å². The third kappa shape index (κ3) is 4.58. The van der Waals surface area contributed by atoms with Gasteiger partial charge in [0.25, 0.3) is 5.91 Å². The molecule has 0 fully saturated rings. The van der Waals surface area contributed by atoms with Gasteiger partial charge in [0.1, 0.15) is 0 Å². The highest BCUT2D eigenvalue weighted by Crippen LogP contribution is 2.21. The average Bonchev–Trinajstić information content (AvgIpc) is 3.09. The van der Waals surface area contributed by atoms with Crippen LogP contribution < -0.4 is 15.4 Å². The maximum absolute atomic E-state index is 13.7. The summed E-state index contributed by atoms with van der Waals surface area (Å²) in [6.07, 6.45) is 1.51. The third-order valence-corrected chi connectivity index (χ3v) is 3.44. The zero-order valence-corrected chi connectivity index (χ0v) is 13.5. The fourth-order valence-electron chi connectivity index (χ4n) is 2.13. The van der Waals surface area contributed by atoms with Crippen LogP contribution in [0.3, 0.4) is 0 Å². The molecule has 0 spiro atoms. The van der Waals surface area contributed by atoms with Gasteiger partial charge in [-0.3, -0.25) is 9.59 Å². The lowest BCUT2D eigenvalue weighted by atomic mass is 10.1. The summed E-state index contributed by atoms with van der Waals surface area (Å²) < 4.78 is 23.5. The van der Waals surface area contributed by atoms with Crippen LogP contribution in [0.5, 0.6) is 5.75 Å². The van der Waals surface area contributed by atoms with Crippen LogP contribution in [0.2, 0.25) is 0 Å². The number of carbonyl (C=O) groups is 2. The second-order valence-corrected chi connectivity index (χ2v) is 5.17. The molecule has 0 aliphatic carbocycles. The lowest BCUT2D eigenvalue weighted by Gasteiger charge is -2.15. The van der Waals surface area contributed by atoms with E-state index in [1.54, 1.807) is 19.1 Å². The summed E-state index contributed by atoms with van der Waals surface area (Å²) in [4.78, 5) is 23.5. The van der Waals surface area contributed by atoms with Crippen LogP contribution in [0, 0.1) is 5.82 Å². The van der Waals surface area contributed by atoms with Gasteiger partial charge in [0.15, 0.2) is 17.3 Å². The van der Waals surface area contributed by atoms with Gasteiger partial charge in [0.2, 0.25) is 5.91 Å². The Hall–Kier alpha value is -2.83. The van der Waals surface area contributed by atoms with Crippen LogP contribution in [0.4, 0.5) is 4.39 Å². The van der Waals surface area contributed by atoms with E-state index in [0.29, 0.717) is 5.56 Å². The number of amides is 2. The molecule has 128 valence electrons. The van der Waals surface area contributed by atoms with Crippen molar-refractivity contribution < 1.29 is 23.1 Å². The van der Waals surface area contributed by atoms with Crippen molar-refractivity contribution in [2.45, 2.75) is 19.4 Å². The molecular formula is C17H19FN2O4. The molecule has 0 saturated heterocycles. The summed E-state index contributed by atoms with van der Waals surface area (Å²) in [5.41, 5.74) is 0.626. The Kier molecular flexibility index (Phi) is 5.95. The Labute approximate surface area is 139 Å². The second-order valence-electron chi connectivity index (χ2n) is 5.17. The third-order valence-electron chi connectivity index (χ3n) is 3.44. The topological polar surface area (TPSA) is 80.6 Å². The van der Waals surface area contributed by atoms with Crippen LogP contribution in [0.15, 0.2) is 41.0 Å². The summed E-state index contributed by atoms with van der Waals surface area (Å²) in [6, 6.07) is 7.30. The zero-order valence-electron chi connectivity index (χ0n) is 13.5. The average molecular weight is 334 g/mol. The molecule has 1 heterocycles. The zero-order chi connectivity index (χ0) is 17.5. The van der Waals surface area contributed by atoms with Crippen molar-refractivity contribution in [3.8, 4) is 5.75 Å². The Morgan fingerprint density at radius 2 is 2.12 bits per heavy atom. The number of benzene rings is 1. The Balaban J connectivity index is 1.79. The Morgan fingerprint density at radius 3 is 2.75 bits per heavy atom. The van der Waals surface area contributed by atoms with Gasteiger partial charge in [-0.25, -0.2) is 4.39 Å². The molecule has 0 aliphatic rings. The number of nitrogens with one attached hydrogen (secondary N) is 2. The predicted molar refractivity (Wildman–Crippen MR) is 85.2 cm³/mol. The number of hydrogen-bond acceptors (Lipinski definition) is 4. The van der Waals surface area contributed by atoms with Gasteiger partial charge < -0.3 is 19.8 Å². The van der Waals surface area contributed by atoms with Crippen LogP contribution in [0.1, 0.15) is 35.5 Å². The smallest absolute Gasteiger partial charge is 0.286 e. The van der Waals surface area contributed by atoms with E-state index in [1.807, 2.05) is 0 Å². The highest BCUT2D eigenvalue weighted by molar-refractivity contribution is 5.91. The first-order valence-electron chi connectivity index (χ1n) is 7.45. The first-order valence-corrected chi connectivity index (χ1v) is 7.45. The van der Waals surface area contributed by atoms with Gasteiger partial charge in [0.05, 0.1) is 19.4 Å². The number of carbonyl (C=O) groups excluding carboxylic acids is 2. The van der Waals surface area contributed by atoms with Crippen molar-refractivity contribution >= 4 is 11.8 Å². The molecule has 6 nitrogen and oxygen atoms in total. The van der Waals surface area contributed by atoms with Gasteiger partial charge in [-0.15, -0.1) is 0 Å². The van der Waals surface area contributed by atoms with Crippen LogP contribution >= 0.6 is 0 Å². The maximum Gasteiger partial charge on any atom is 0.286 e. The van der Waals surface area contributed by atoms with E-state index in [-0.39, 0.29) is 42.3 Å². The number of hydrogen-bond donors (Lipinski definition) is 2. The van der Waals surface area contributed by atoms with Gasteiger partial charge in [-0.2, -0.15) is 0 Å². The normalized spacial score (nSPS) is 11.6. The Bertz CT molecular complexity index is 701. The van der Waals surface area contributed by atoms with E-state index in [9.17, 15) is 14.0 Å². The molecule has 2 N–H and O–H groups in total. The molecule has 0 bridgehead atoms. The van der Waals surface area contributed by atoms with Gasteiger partial charge in [0, 0.05) is 13.0 Å².